The van der Waals surface area contributed by atoms with Crippen LogP contribution in [0.15, 0.2) is 0 Å². The maximum atomic E-state index is 5.07. The Morgan fingerprint density at radius 2 is 2.19 bits per heavy atom. The van der Waals surface area contributed by atoms with E-state index in [1.54, 1.807) is 18.4 Å². The molecule has 2 N–H and O–H groups in total. The van der Waals surface area contributed by atoms with Crippen LogP contribution < -0.4 is 0 Å². The third-order valence-corrected chi connectivity index (χ3v) is 3.33. The normalized spacial score (nSPS) is 10.9. The molecule has 2 rings (SSSR count). The highest BCUT2D eigenvalue weighted by atomic mass is 32.1. The third-order valence-electron chi connectivity index (χ3n) is 2.06. The summed E-state index contributed by atoms with van der Waals surface area (Å²) in [5.41, 5.74) is 1.02. The molecule has 0 aliphatic rings. The van der Waals surface area contributed by atoms with Crippen LogP contribution >= 0.6 is 23.6 Å². The van der Waals surface area contributed by atoms with Crippen molar-refractivity contribution >= 4 is 23.6 Å². The zero-order valence-electron chi connectivity index (χ0n) is 9.03. The van der Waals surface area contributed by atoms with E-state index in [-0.39, 0.29) is 0 Å². The Kier molecular flexibility index (Phi) is 3.47. The lowest BCUT2D eigenvalue weighted by atomic mass is 10.3. The number of hydrogen-bond acceptors (Lipinski definition) is 5. The van der Waals surface area contributed by atoms with Gasteiger partial charge in [-0.25, -0.2) is 4.98 Å². The molecule has 0 fully saturated rings. The van der Waals surface area contributed by atoms with Gasteiger partial charge in [0.25, 0.3) is 0 Å². The molecule has 0 aliphatic carbocycles. The first-order valence-electron chi connectivity index (χ1n) is 4.87. The van der Waals surface area contributed by atoms with Crippen molar-refractivity contribution in [3.63, 3.8) is 0 Å². The van der Waals surface area contributed by atoms with Gasteiger partial charge in [0.05, 0.1) is 17.2 Å². The average Bonchev–Trinajstić information content (AvgIpc) is 2.84. The summed E-state index contributed by atoms with van der Waals surface area (Å²) in [6.07, 6.45) is 0.864. The van der Waals surface area contributed by atoms with Crippen LogP contribution in [0.2, 0.25) is 0 Å². The second-order valence-corrected chi connectivity index (χ2v) is 4.66. The zero-order valence-corrected chi connectivity index (χ0v) is 10.7. The van der Waals surface area contributed by atoms with Gasteiger partial charge >= 0.3 is 0 Å². The second kappa shape index (κ2) is 4.86. The van der Waals surface area contributed by atoms with E-state index in [1.807, 2.05) is 0 Å². The first kappa shape index (κ1) is 11.4. The van der Waals surface area contributed by atoms with Crippen LogP contribution in [0.5, 0.6) is 0 Å². The van der Waals surface area contributed by atoms with Crippen molar-refractivity contribution in [2.24, 2.45) is 0 Å². The van der Waals surface area contributed by atoms with Crippen LogP contribution in [0, 0.1) is 4.77 Å². The van der Waals surface area contributed by atoms with E-state index in [2.05, 4.69) is 27.1 Å². The van der Waals surface area contributed by atoms with E-state index in [4.69, 9.17) is 17.0 Å². The van der Waals surface area contributed by atoms with E-state index in [1.165, 1.54) is 0 Å². The Morgan fingerprint density at radius 1 is 1.38 bits per heavy atom. The van der Waals surface area contributed by atoms with Crippen molar-refractivity contribution in [2.45, 2.75) is 20.0 Å². The van der Waals surface area contributed by atoms with Crippen molar-refractivity contribution in [3.05, 3.63) is 15.5 Å². The summed E-state index contributed by atoms with van der Waals surface area (Å²) in [4.78, 5) is 9.72. The van der Waals surface area contributed by atoms with Gasteiger partial charge in [0, 0.05) is 7.11 Å². The second-order valence-electron chi connectivity index (χ2n) is 3.19. The van der Waals surface area contributed by atoms with Crippen LogP contribution in [0.4, 0.5) is 0 Å². The minimum absolute atomic E-state index is 0.457. The molecular formula is C9H12N4OS2. The number of ether oxygens (including phenoxy) is 1. The first-order chi connectivity index (χ1) is 7.74. The molecule has 16 heavy (non-hydrogen) atoms. The van der Waals surface area contributed by atoms with E-state index < -0.39 is 0 Å². The highest BCUT2D eigenvalue weighted by molar-refractivity contribution is 7.71. The number of methoxy groups -OCH3 is 1. The molecule has 7 heteroatoms. The molecule has 0 bridgehead atoms. The average molecular weight is 256 g/mol. The van der Waals surface area contributed by atoms with Crippen molar-refractivity contribution in [1.82, 2.24) is 20.2 Å². The minimum atomic E-state index is 0.457. The lowest BCUT2D eigenvalue weighted by Crippen LogP contribution is -1.88. The van der Waals surface area contributed by atoms with Crippen molar-refractivity contribution in [2.75, 3.05) is 7.11 Å². The van der Waals surface area contributed by atoms with Gasteiger partial charge in [-0.05, 0) is 18.6 Å². The predicted molar refractivity (Wildman–Crippen MR) is 65.0 cm³/mol. The zero-order chi connectivity index (χ0) is 11.5. The highest BCUT2D eigenvalue weighted by Gasteiger charge is 2.13. The third kappa shape index (κ3) is 2.21. The molecule has 2 aromatic rings. The highest BCUT2D eigenvalue weighted by Crippen LogP contribution is 2.28. The SMILES string of the molecule is CCc1nc(COC)sc1-c1nc(=S)[nH][nH]1. The largest absolute Gasteiger partial charge is 0.378 e. The molecule has 2 heterocycles. The van der Waals surface area contributed by atoms with Crippen molar-refractivity contribution in [3.8, 4) is 10.7 Å². The fourth-order valence-corrected chi connectivity index (χ4v) is 2.60. The molecule has 5 nitrogen and oxygen atoms in total. The standard InChI is InChI=1S/C9H12N4OS2/c1-3-5-7(8-11-9(15)13-12-8)16-6(10-5)4-14-2/h3-4H2,1-2H3,(H2,11,12,13,15). The smallest absolute Gasteiger partial charge is 0.213 e. The van der Waals surface area contributed by atoms with Gasteiger partial charge < -0.3 is 4.74 Å². The molecule has 0 aromatic carbocycles. The quantitative estimate of drug-likeness (QED) is 0.824. The van der Waals surface area contributed by atoms with E-state index in [9.17, 15) is 0 Å². The molecule has 0 aliphatic heterocycles. The number of aryl methyl sites for hydroxylation is 1. The molecule has 0 unspecified atom stereocenters. The number of hydrogen-bond donors (Lipinski definition) is 2. The number of H-pyrrole nitrogens is 2. The van der Waals surface area contributed by atoms with Gasteiger partial charge in [0.2, 0.25) is 4.77 Å². The first-order valence-corrected chi connectivity index (χ1v) is 6.09. The predicted octanol–water partition coefficient (Wildman–Crippen LogP) is 2.30. The van der Waals surface area contributed by atoms with E-state index in [0.29, 0.717) is 11.4 Å². The van der Waals surface area contributed by atoms with Crippen LogP contribution in [0.25, 0.3) is 10.7 Å². The maximum Gasteiger partial charge on any atom is 0.213 e. The van der Waals surface area contributed by atoms with Gasteiger partial charge in [0.1, 0.15) is 5.01 Å². The van der Waals surface area contributed by atoms with Gasteiger partial charge in [-0.2, -0.15) is 4.98 Å². The van der Waals surface area contributed by atoms with Crippen LogP contribution in [0.1, 0.15) is 17.6 Å². The topological polar surface area (TPSA) is 66.6 Å². The molecule has 0 amide bonds. The Hall–Kier alpha value is -1.05. The van der Waals surface area contributed by atoms with Gasteiger partial charge in [-0.3, -0.25) is 10.2 Å². The molecule has 0 saturated carbocycles. The lowest BCUT2D eigenvalue weighted by Gasteiger charge is -1.92. The molecule has 0 atom stereocenters. The van der Waals surface area contributed by atoms with Gasteiger partial charge in [-0.15, -0.1) is 11.3 Å². The number of nitrogens with zero attached hydrogens (tertiary/aromatic N) is 2. The van der Waals surface area contributed by atoms with Crippen LogP contribution in [-0.2, 0) is 17.8 Å². The number of aromatic nitrogens is 4. The number of rotatable bonds is 4. The van der Waals surface area contributed by atoms with Gasteiger partial charge in [-0.1, -0.05) is 6.92 Å². The number of thiazole rings is 1. The number of aromatic amines is 2. The summed E-state index contributed by atoms with van der Waals surface area (Å²) in [5, 5.41) is 6.68. The molecule has 0 radical (unpaired) electrons. The van der Waals surface area contributed by atoms with E-state index in [0.717, 1.165) is 27.8 Å². The van der Waals surface area contributed by atoms with Crippen molar-refractivity contribution < 1.29 is 4.74 Å². The van der Waals surface area contributed by atoms with Crippen LogP contribution in [0.3, 0.4) is 0 Å². The Bertz CT molecular complexity index is 528. The molecule has 2 aromatic heterocycles. The summed E-state index contributed by atoms with van der Waals surface area (Å²) < 4.78 is 5.53. The van der Waals surface area contributed by atoms with Crippen LogP contribution in [-0.4, -0.2) is 27.3 Å². The fourth-order valence-electron chi connectivity index (χ4n) is 1.39. The van der Waals surface area contributed by atoms with Crippen molar-refractivity contribution in [1.29, 1.82) is 0 Å². The Balaban J connectivity index is 2.42. The Labute approximate surface area is 102 Å². The summed E-state index contributed by atoms with van der Waals surface area (Å²) in [6, 6.07) is 0. The summed E-state index contributed by atoms with van der Waals surface area (Å²) in [5.74, 6) is 0.752. The van der Waals surface area contributed by atoms with E-state index >= 15 is 0 Å². The maximum absolute atomic E-state index is 5.07. The lowest BCUT2D eigenvalue weighted by molar-refractivity contribution is 0.184. The molecule has 0 saturated heterocycles. The summed E-state index contributed by atoms with van der Waals surface area (Å²) in [7, 11) is 1.66. The Morgan fingerprint density at radius 3 is 2.75 bits per heavy atom. The summed E-state index contributed by atoms with van der Waals surface area (Å²) in [6.45, 7) is 2.60. The minimum Gasteiger partial charge on any atom is -0.378 e. The number of nitrogens with one attached hydrogen (secondary N) is 2. The molecule has 86 valence electrons. The fraction of sp³-hybridized carbons (Fsp3) is 0.444. The molecular weight excluding hydrogens is 244 g/mol. The van der Waals surface area contributed by atoms with Gasteiger partial charge in [0.15, 0.2) is 5.82 Å². The molecule has 0 spiro atoms. The monoisotopic (exact) mass is 256 g/mol. The summed E-state index contributed by atoms with van der Waals surface area (Å²) >= 11 is 6.51.